The van der Waals surface area contributed by atoms with Gasteiger partial charge in [-0.1, -0.05) is 27.7 Å². The van der Waals surface area contributed by atoms with Crippen molar-refractivity contribution in [3.63, 3.8) is 0 Å². The summed E-state index contributed by atoms with van der Waals surface area (Å²) in [6.07, 6.45) is 5.19. The summed E-state index contributed by atoms with van der Waals surface area (Å²) in [4.78, 5) is 15.4. The van der Waals surface area contributed by atoms with Crippen LogP contribution < -0.4 is 20.6 Å². The third kappa shape index (κ3) is 3.54. The van der Waals surface area contributed by atoms with Crippen LogP contribution in [-0.4, -0.2) is 59.7 Å². The lowest BCUT2D eigenvalue weighted by Gasteiger charge is -2.71. The fourth-order valence-electron chi connectivity index (χ4n) is 6.82. The van der Waals surface area contributed by atoms with Crippen LogP contribution in [0, 0.1) is 28.1 Å². The van der Waals surface area contributed by atoms with Crippen molar-refractivity contribution in [1.29, 1.82) is 5.26 Å². The lowest BCUT2D eigenvalue weighted by atomic mass is 9.39. The zero-order valence-corrected chi connectivity index (χ0v) is 21.1. The largest absolute Gasteiger partial charge is 0.495 e. The Kier molecular flexibility index (Phi) is 6.00. The van der Waals surface area contributed by atoms with Gasteiger partial charge in [-0.05, 0) is 43.0 Å². The molecule has 0 radical (unpaired) electrons. The Bertz CT molecular complexity index is 1100. The van der Waals surface area contributed by atoms with Gasteiger partial charge in [-0.3, -0.25) is 10.2 Å². The Balaban J connectivity index is 1.73. The number of nitrogens with two attached hydrogens (primary N) is 1. The van der Waals surface area contributed by atoms with Crippen LogP contribution in [-0.2, 0) is 4.79 Å². The molecule has 0 unspecified atom stereocenters. The highest BCUT2D eigenvalue weighted by molar-refractivity contribution is 5.98. The highest BCUT2D eigenvalue weighted by atomic mass is 16.5. The van der Waals surface area contributed by atoms with Gasteiger partial charge in [0.05, 0.1) is 12.7 Å². The minimum Gasteiger partial charge on any atom is -0.495 e. The van der Waals surface area contributed by atoms with Crippen molar-refractivity contribution in [2.24, 2.45) is 27.6 Å². The molecule has 0 aromatic heterocycles. The van der Waals surface area contributed by atoms with Crippen LogP contribution >= 0.6 is 0 Å². The molecule has 188 valence electrons. The molecule has 1 aromatic rings. The van der Waals surface area contributed by atoms with Crippen LogP contribution in [0.1, 0.15) is 46.1 Å². The molecule has 0 spiro atoms. The summed E-state index contributed by atoms with van der Waals surface area (Å²) < 4.78 is 12.2. The summed E-state index contributed by atoms with van der Waals surface area (Å²) in [5.41, 5.74) is 6.20. The van der Waals surface area contributed by atoms with Crippen molar-refractivity contribution in [2.45, 2.75) is 51.7 Å². The minimum atomic E-state index is -1.42. The van der Waals surface area contributed by atoms with E-state index in [1.807, 2.05) is 6.08 Å². The molecule has 4 rings (SSSR count). The van der Waals surface area contributed by atoms with Gasteiger partial charge in [-0.2, -0.15) is 10.4 Å². The van der Waals surface area contributed by atoms with Crippen molar-refractivity contribution in [2.75, 3.05) is 26.8 Å². The smallest absolute Gasteiger partial charge is 0.252 e. The van der Waals surface area contributed by atoms with E-state index in [9.17, 15) is 10.1 Å². The molecule has 9 heteroatoms. The maximum atomic E-state index is 13.3. The zero-order valence-electron chi connectivity index (χ0n) is 21.1. The molecular formula is C26H35N5O4. The third-order valence-corrected chi connectivity index (χ3v) is 7.95. The summed E-state index contributed by atoms with van der Waals surface area (Å²) in [5.74, 6) is 1.44. The van der Waals surface area contributed by atoms with E-state index < -0.39 is 27.9 Å². The Hall–Kier alpha value is -3.25. The van der Waals surface area contributed by atoms with Crippen LogP contribution in [0.5, 0.6) is 11.5 Å². The number of likely N-dealkylation sites (tertiary alicyclic amines) is 1. The van der Waals surface area contributed by atoms with E-state index in [0.29, 0.717) is 23.0 Å². The fourth-order valence-corrected chi connectivity index (χ4v) is 6.82. The van der Waals surface area contributed by atoms with Crippen LogP contribution in [0.3, 0.4) is 0 Å². The predicted molar refractivity (Wildman–Crippen MR) is 132 cm³/mol. The molecule has 0 bridgehead atoms. The van der Waals surface area contributed by atoms with E-state index in [2.05, 4.69) is 49.2 Å². The molecule has 2 heterocycles. The number of hydrazone groups is 1. The number of amidine groups is 1. The number of nitrogens with zero attached hydrogens (tertiary/aromatic N) is 3. The van der Waals surface area contributed by atoms with E-state index in [1.54, 1.807) is 24.3 Å². The predicted octanol–water partition coefficient (Wildman–Crippen LogP) is 2.15. The molecule has 2 fully saturated rings. The van der Waals surface area contributed by atoms with Crippen LogP contribution in [0.2, 0.25) is 0 Å². The summed E-state index contributed by atoms with van der Waals surface area (Å²) in [6, 6.07) is 7.13. The number of benzene rings is 1. The number of carbonyl (C=O) groups excluding carboxylic acids is 1. The van der Waals surface area contributed by atoms with Crippen molar-refractivity contribution in [3.05, 3.63) is 35.9 Å². The highest BCUT2D eigenvalue weighted by Crippen LogP contribution is 2.68. The van der Waals surface area contributed by atoms with E-state index in [-0.39, 0.29) is 6.61 Å². The number of amides is 1. The first-order valence-corrected chi connectivity index (χ1v) is 11.9. The number of hydrogen-bond acceptors (Lipinski definition) is 8. The van der Waals surface area contributed by atoms with Crippen molar-refractivity contribution >= 4 is 11.7 Å². The van der Waals surface area contributed by atoms with Gasteiger partial charge in [0.2, 0.25) is 0 Å². The number of aliphatic hydroxyl groups excluding tert-OH is 1. The highest BCUT2D eigenvalue weighted by Gasteiger charge is 2.78. The zero-order chi connectivity index (χ0) is 25.6. The van der Waals surface area contributed by atoms with Gasteiger partial charge in [0.25, 0.3) is 5.91 Å². The quantitative estimate of drug-likeness (QED) is 0.543. The molecule has 1 aliphatic carbocycles. The van der Waals surface area contributed by atoms with E-state index >= 15 is 0 Å². The third-order valence-electron chi connectivity index (χ3n) is 7.95. The molecule has 1 atom stereocenters. The first kappa shape index (κ1) is 24.9. The first-order valence-electron chi connectivity index (χ1n) is 11.9. The van der Waals surface area contributed by atoms with Gasteiger partial charge in [0.15, 0.2) is 11.1 Å². The number of carbonyl (C=O) groups is 1. The lowest BCUT2D eigenvalue weighted by Crippen LogP contribution is -2.85. The first-order chi connectivity index (χ1) is 16.5. The average Bonchev–Trinajstić information content (AvgIpc) is 2.78. The number of rotatable bonds is 7. The number of methoxy groups -OCH3 is 1. The minimum absolute atomic E-state index is 0.175. The molecule has 2 aliphatic heterocycles. The number of hydrogen-bond donors (Lipinski definition) is 3. The summed E-state index contributed by atoms with van der Waals surface area (Å²) in [7, 11) is 1.50. The second kappa shape index (κ2) is 8.45. The number of primary amides is 1. The van der Waals surface area contributed by atoms with Gasteiger partial charge in [0.1, 0.15) is 23.4 Å². The molecule has 1 aromatic carbocycles. The Morgan fingerprint density at radius 3 is 2.49 bits per heavy atom. The average molecular weight is 482 g/mol. The lowest BCUT2D eigenvalue weighted by molar-refractivity contribution is -0.258. The topological polar surface area (TPSA) is 133 Å². The van der Waals surface area contributed by atoms with E-state index in [0.717, 1.165) is 31.8 Å². The Labute approximate surface area is 206 Å². The molecule has 3 aliphatic rings. The summed E-state index contributed by atoms with van der Waals surface area (Å²) >= 11 is 0. The normalized spacial score (nSPS) is 25.9. The Morgan fingerprint density at radius 1 is 1.31 bits per heavy atom. The summed E-state index contributed by atoms with van der Waals surface area (Å²) in [6.45, 7) is 10.0. The van der Waals surface area contributed by atoms with Crippen LogP contribution in [0.25, 0.3) is 0 Å². The molecular weight excluding hydrogens is 446 g/mol. The van der Waals surface area contributed by atoms with Gasteiger partial charge in [-0.15, -0.1) is 0 Å². The number of ether oxygens (including phenoxy) is 2. The van der Waals surface area contributed by atoms with Gasteiger partial charge in [-0.25, -0.2) is 0 Å². The molecule has 1 saturated heterocycles. The van der Waals surface area contributed by atoms with E-state index in [4.69, 9.17) is 20.3 Å². The molecule has 1 saturated carbocycles. The van der Waals surface area contributed by atoms with Gasteiger partial charge in [0, 0.05) is 36.6 Å². The standard InChI is InChI=1S/C26H35N5O4/c1-23(2)16-24(3,4)26(23,35-19-7-6-18(13-27)20(12-19)34-5)25(22(28)33)10-8-21(29-30-25)31-14-17(15-31)9-11-32/h6-8,10,12,17,30,32H,9,11,14-16H2,1-5H3,(H2,28,33)/t25-/m0/s1. The van der Waals surface area contributed by atoms with Crippen LogP contribution in [0.15, 0.2) is 35.5 Å². The fraction of sp³-hybridized carbons (Fsp3) is 0.577. The van der Waals surface area contributed by atoms with E-state index in [1.165, 1.54) is 7.11 Å². The number of nitrogens with one attached hydrogen (secondary N) is 1. The SMILES string of the molecule is COc1cc(OC2([C@@]3(C(N)=O)C=CC(N4CC(CCO)C4)=NN3)C(C)(C)CC2(C)C)ccc1C#N. The van der Waals surface area contributed by atoms with Gasteiger partial charge < -0.3 is 25.2 Å². The van der Waals surface area contributed by atoms with Crippen molar-refractivity contribution in [1.82, 2.24) is 10.3 Å². The van der Waals surface area contributed by atoms with Gasteiger partial charge >= 0.3 is 0 Å². The molecule has 9 nitrogen and oxygen atoms in total. The molecule has 4 N–H and O–H groups in total. The van der Waals surface area contributed by atoms with Crippen molar-refractivity contribution < 1.29 is 19.4 Å². The van der Waals surface area contributed by atoms with Crippen LogP contribution in [0.4, 0.5) is 0 Å². The molecule has 1 amide bonds. The number of aliphatic hydroxyl groups is 1. The Morgan fingerprint density at radius 2 is 2.00 bits per heavy atom. The monoisotopic (exact) mass is 481 g/mol. The molecule has 35 heavy (non-hydrogen) atoms. The van der Waals surface area contributed by atoms with Crippen molar-refractivity contribution in [3.8, 4) is 17.6 Å². The maximum Gasteiger partial charge on any atom is 0.252 e. The summed E-state index contributed by atoms with van der Waals surface area (Å²) in [5, 5.41) is 23.1. The maximum absolute atomic E-state index is 13.3. The number of nitriles is 1. The second-order valence-corrected chi connectivity index (χ2v) is 11.1. The second-order valence-electron chi connectivity index (χ2n) is 11.1.